The van der Waals surface area contributed by atoms with Gasteiger partial charge in [0.05, 0.1) is 6.54 Å². The Balaban J connectivity index is 1.83. The zero-order chi connectivity index (χ0) is 15.5. The normalized spacial score (nSPS) is 10.7. The van der Waals surface area contributed by atoms with Crippen molar-refractivity contribution in [3.8, 4) is 5.69 Å². The number of imidazole rings is 1. The molecule has 22 heavy (non-hydrogen) atoms. The number of nitrogens with zero attached hydrogens (tertiary/aromatic N) is 3. The highest BCUT2D eigenvalue weighted by Crippen LogP contribution is 2.18. The molecule has 0 saturated heterocycles. The molecule has 0 fully saturated rings. The van der Waals surface area contributed by atoms with Gasteiger partial charge in [-0.05, 0) is 48.5 Å². The average Bonchev–Trinajstić information content (AvgIpc) is 2.97. The number of halogens is 2. The number of aromatic nitrogens is 2. The van der Waals surface area contributed by atoms with Gasteiger partial charge >= 0.3 is 0 Å². The fraction of sp³-hybridized carbons (Fsp3) is 0.118. The van der Waals surface area contributed by atoms with Crippen molar-refractivity contribution < 1.29 is 4.39 Å². The maximum absolute atomic E-state index is 13.0. The van der Waals surface area contributed by atoms with Crippen LogP contribution in [-0.2, 0) is 6.54 Å². The third-order valence-corrected chi connectivity index (χ3v) is 3.72. The van der Waals surface area contributed by atoms with Crippen molar-refractivity contribution in [2.75, 3.05) is 11.9 Å². The molecule has 5 heteroatoms. The van der Waals surface area contributed by atoms with Crippen molar-refractivity contribution >= 4 is 17.3 Å². The molecule has 1 aromatic heterocycles. The van der Waals surface area contributed by atoms with Gasteiger partial charge in [-0.15, -0.1) is 0 Å². The Morgan fingerprint density at radius 3 is 2.45 bits per heavy atom. The monoisotopic (exact) mass is 315 g/mol. The van der Waals surface area contributed by atoms with E-state index in [1.165, 1.54) is 12.1 Å². The molecule has 0 N–H and O–H groups in total. The van der Waals surface area contributed by atoms with Crippen molar-refractivity contribution in [1.82, 2.24) is 9.55 Å². The lowest BCUT2D eigenvalue weighted by atomic mass is 10.3. The SMILES string of the molecule is CN(Cc1nccn1-c1ccc(Cl)cc1)c1ccc(F)cc1. The van der Waals surface area contributed by atoms with E-state index in [0.29, 0.717) is 11.6 Å². The van der Waals surface area contributed by atoms with E-state index < -0.39 is 0 Å². The molecule has 0 amide bonds. The number of hydrogen-bond acceptors (Lipinski definition) is 2. The van der Waals surface area contributed by atoms with Gasteiger partial charge in [0.2, 0.25) is 0 Å². The van der Waals surface area contributed by atoms with Crippen molar-refractivity contribution in [1.29, 1.82) is 0 Å². The van der Waals surface area contributed by atoms with E-state index in [1.54, 1.807) is 18.3 Å². The smallest absolute Gasteiger partial charge is 0.132 e. The number of hydrogen-bond donors (Lipinski definition) is 0. The fourth-order valence-electron chi connectivity index (χ4n) is 2.29. The van der Waals surface area contributed by atoms with Gasteiger partial charge < -0.3 is 9.47 Å². The highest BCUT2D eigenvalue weighted by Gasteiger charge is 2.09. The summed E-state index contributed by atoms with van der Waals surface area (Å²) < 4.78 is 15.0. The molecule has 0 bridgehead atoms. The first-order valence-electron chi connectivity index (χ1n) is 6.88. The Bertz CT molecular complexity index is 750. The summed E-state index contributed by atoms with van der Waals surface area (Å²) in [7, 11) is 1.95. The zero-order valence-corrected chi connectivity index (χ0v) is 12.8. The third-order valence-electron chi connectivity index (χ3n) is 3.47. The molecule has 2 aromatic carbocycles. The first-order valence-corrected chi connectivity index (χ1v) is 7.26. The second kappa shape index (κ2) is 6.20. The second-order valence-electron chi connectivity index (χ2n) is 5.02. The Morgan fingerprint density at radius 1 is 1.09 bits per heavy atom. The van der Waals surface area contributed by atoms with Crippen LogP contribution in [0, 0.1) is 5.82 Å². The van der Waals surface area contributed by atoms with Gasteiger partial charge in [-0.2, -0.15) is 0 Å². The summed E-state index contributed by atoms with van der Waals surface area (Å²) in [5.74, 6) is 0.661. The predicted molar refractivity (Wildman–Crippen MR) is 87.1 cm³/mol. The van der Waals surface area contributed by atoms with Crippen molar-refractivity contribution in [2.24, 2.45) is 0 Å². The number of rotatable bonds is 4. The second-order valence-corrected chi connectivity index (χ2v) is 5.46. The largest absolute Gasteiger partial charge is 0.367 e. The molecule has 0 aliphatic heterocycles. The van der Waals surface area contributed by atoms with Crippen LogP contribution < -0.4 is 4.90 Å². The Morgan fingerprint density at radius 2 is 1.77 bits per heavy atom. The summed E-state index contributed by atoms with van der Waals surface area (Å²) in [6, 6.07) is 14.0. The van der Waals surface area contributed by atoms with Crippen LogP contribution in [0.3, 0.4) is 0 Å². The van der Waals surface area contributed by atoms with Gasteiger partial charge in [0.1, 0.15) is 11.6 Å². The summed E-state index contributed by atoms with van der Waals surface area (Å²) in [4.78, 5) is 6.43. The first-order chi connectivity index (χ1) is 10.6. The predicted octanol–water partition coefficient (Wildman–Crippen LogP) is 4.30. The molecule has 0 aliphatic carbocycles. The lowest BCUT2D eigenvalue weighted by Gasteiger charge is -2.19. The lowest BCUT2D eigenvalue weighted by molar-refractivity contribution is 0.627. The van der Waals surface area contributed by atoms with Gasteiger partial charge in [0.25, 0.3) is 0 Å². The molecule has 0 saturated carbocycles. The van der Waals surface area contributed by atoms with Gasteiger partial charge in [-0.3, -0.25) is 0 Å². The van der Waals surface area contributed by atoms with Gasteiger partial charge in [-0.25, -0.2) is 9.37 Å². The van der Waals surface area contributed by atoms with Crippen molar-refractivity contribution in [2.45, 2.75) is 6.54 Å². The van der Waals surface area contributed by atoms with Crippen LogP contribution in [0.1, 0.15) is 5.82 Å². The summed E-state index contributed by atoms with van der Waals surface area (Å²) in [5, 5.41) is 0.703. The van der Waals surface area contributed by atoms with Crippen LogP contribution in [-0.4, -0.2) is 16.6 Å². The molecule has 3 rings (SSSR count). The van der Waals surface area contributed by atoms with E-state index >= 15 is 0 Å². The van der Waals surface area contributed by atoms with Gasteiger partial charge in [0, 0.05) is 35.8 Å². The molecule has 0 unspecified atom stereocenters. The zero-order valence-electron chi connectivity index (χ0n) is 12.1. The average molecular weight is 316 g/mol. The van der Waals surface area contributed by atoms with Crippen LogP contribution in [0.25, 0.3) is 5.69 Å². The fourth-order valence-corrected chi connectivity index (χ4v) is 2.41. The molecule has 3 nitrogen and oxygen atoms in total. The van der Waals surface area contributed by atoms with Crippen molar-refractivity contribution in [3.63, 3.8) is 0 Å². The minimum atomic E-state index is -0.236. The Labute approximate surface area is 133 Å². The van der Waals surface area contributed by atoms with E-state index in [-0.39, 0.29) is 5.82 Å². The van der Waals surface area contributed by atoms with Crippen LogP contribution in [0.15, 0.2) is 60.9 Å². The maximum Gasteiger partial charge on any atom is 0.132 e. The molecule has 0 atom stereocenters. The molecule has 112 valence electrons. The highest BCUT2D eigenvalue weighted by molar-refractivity contribution is 6.30. The lowest BCUT2D eigenvalue weighted by Crippen LogP contribution is -2.19. The van der Waals surface area contributed by atoms with Gasteiger partial charge in [0.15, 0.2) is 0 Å². The molecule has 1 heterocycles. The summed E-state index contributed by atoms with van der Waals surface area (Å²) in [5.41, 5.74) is 1.94. The topological polar surface area (TPSA) is 21.1 Å². The Hall–Kier alpha value is -2.33. The van der Waals surface area contributed by atoms with E-state index in [2.05, 4.69) is 4.98 Å². The van der Waals surface area contributed by atoms with Crippen LogP contribution in [0.2, 0.25) is 5.02 Å². The van der Waals surface area contributed by atoms with Crippen molar-refractivity contribution in [3.05, 3.63) is 77.6 Å². The van der Waals surface area contributed by atoms with Crippen LogP contribution in [0.5, 0.6) is 0 Å². The van der Waals surface area contributed by atoms with E-state index in [9.17, 15) is 4.39 Å². The minimum absolute atomic E-state index is 0.236. The van der Waals surface area contributed by atoms with Crippen LogP contribution >= 0.6 is 11.6 Å². The first kappa shape index (κ1) is 14.6. The molecular formula is C17H15ClFN3. The number of benzene rings is 2. The minimum Gasteiger partial charge on any atom is -0.367 e. The molecule has 0 aliphatic rings. The quantitative estimate of drug-likeness (QED) is 0.715. The summed E-state index contributed by atoms with van der Waals surface area (Å²) in [6.07, 6.45) is 3.68. The molecular weight excluding hydrogens is 301 g/mol. The van der Waals surface area contributed by atoms with Gasteiger partial charge in [-0.1, -0.05) is 11.6 Å². The number of anilines is 1. The molecule has 0 radical (unpaired) electrons. The third kappa shape index (κ3) is 3.12. The van der Waals surface area contributed by atoms with E-state index in [4.69, 9.17) is 11.6 Å². The summed E-state index contributed by atoms with van der Waals surface area (Å²) in [6.45, 7) is 0.612. The highest BCUT2D eigenvalue weighted by atomic mass is 35.5. The standard InChI is InChI=1S/C17H15ClFN3/c1-21(15-8-4-14(19)5-9-15)12-17-20-10-11-22(17)16-6-2-13(18)3-7-16/h2-11H,12H2,1H3. The Kier molecular flexibility index (Phi) is 4.11. The van der Waals surface area contributed by atoms with Crippen LogP contribution in [0.4, 0.5) is 10.1 Å². The van der Waals surface area contributed by atoms with E-state index in [0.717, 1.165) is 17.2 Å². The molecule has 0 spiro atoms. The molecule has 3 aromatic rings. The van der Waals surface area contributed by atoms with E-state index in [1.807, 2.05) is 47.0 Å². The summed E-state index contributed by atoms with van der Waals surface area (Å²) >= 11 is 5.93. The maximum atomic E-state index is 13.0.